The molecule has 10 aromatic rings. The fraction of sp³-hybridized carbons (Fsp3) is 0. The number of benzene rings is 6. The molecule has 0 fully saturated rings. The van der Waals surface area contributed by atoms with E-state index in [1.54, 1.807) is 6.20 Å². The number of aromatic nitrogens is 2. The van der Waals surface area contributed by atoms with E-state index in [1.807, 2.05) is 97.2 Å². The Hall–Kier alpha value is -6.13. The molecule has 0 amide bonds. The van der Waals surface area contributed by atoms with Crippen LogP contribution in [0, 0.1) is 12.1 Å². The van der Waals surface area contributed by atoms with Gasteiger partial charge in [0.05, 0.1) is 0 Å². The van der Waals surface area contributed by atoms with E-state index in [0.717, 1.165) is 88.6 Å². The average molecular weight is 833 g/mol. The van der Waals surface area contributed by atoms with Crippen molar-refractivity contribution in [2.75, 3.05) is 0 Å². The fourth-order valence-electron chi connectivity index (χ4n) is 6.44. The van der Waals surface area contributed by atoms with Gasteiger partial charge >= 0.3 is 0 Å². The van der Waals surface area contributed by atoms with Crippen molar-refractivity contribution in [3.8, 4) is 44.8 Å². The van der Waals surface area contributed by atoms with Crippen molar-refractivity contribution in [2.45, 2.75) is 0 Å². The number of nitrogens with zero attached hydrogens (tertiary/aromatic N) is 2. The van der Waals surface area contributed by atoms with Crippen LogP contribution in [0.4, 0.5) is 0 Å². The van der Waals surface area contributed by atoms with Gasteiger partial charge in [-0.05, 0) is 70.5 Å². The van der Waals surface area contributed by atoms with Gasteiger partial charge in [-0.25, -0.2) is 0 Å². The zero-order valence-corrected chi connectivity index (χ0v) is 29.6. The smallest absolute Gasteiger partial charge is 0.139 e. The number of para-hydroxylation sites is 1. The molecule has 10 rings (SSSR count). The summed E-state index contributed by atoms with van der Waals surface area (Å²) in [5.41, 5.74) is 11.9. The maximum atomic E-state index is 6.23. The summed E-state index contributed by atoms with van der Waals surface area (Å²) < 4.78 is 12.3. The molecule has 4 heterocycles. The first-order valence-corrected chi connectivity index (χ1v) is 16.5. The van der Waals surface area contributed by atoms with Gasteiger partial charge in [-0.15, -0.1) is 71.3 Å². The summed E-state index contributed by atoms with van der Waals surface area (Å²) in [5.74, 6) is 0. The Labute approximate surface area is 308 Å². The predicted molar refractivity (Wildman–Crippen MR) is 202 cm³/mol. The van der Waals surface area contributed by atoms with Crippen LogP contribution >= 0.6 is 0 Å². The zero-order chi connectivity index (χ0) is 33.3. The van der Waals surface area contributed by atoms with E-state index in [4.69, 9.17) is 8.83 Å². The van der Waals surface area contributed by atoms with Crippen molar-refractivity contribution in [2.24, 2.45) is 0 Å². The molecule has 4 nitrogen and oxygen atoms in total. The Kier molecular flexibility index (Phi) is 8.81. The van der Waals surface area contributed by atoms with E-state index in [2.05, 4.69) is 88.8 Å². The van der Waals surface area contributed by atoms with E-state index in [0.29, 0.717) is 0 Å². The number of fused-ring (bicyclic) bond motifs is 6. The van der Waals surface area contributed by atoms with Gasteiger partial charge in [0, 0.05) is 60.1 Å². The normalized spacial score (nSPS) is 11.0. The Morgan fingerprint density at radius 1 is 0.373 bits per heavy atom. The molecule has 0 unspecified atom stereocenters. The van der Waals surface area contributed by atoms with E-state index in [-0.39, 0.29) is 20.1 Å². The molecule has 6 aromatic carbocycles. The number of furan rings is 2. The largest absolute Gasteiger partial charge is 0.456 e. The number of rotatable bonds is 4. The van der Waals surface area contributed by atoms with E-state index >= 15 is 0 Å². The second-order valence-corrected chi connectivity index (χ2v) is 12.0. The topological polar surface area (TPSA) is 52.1 Å². The van der Waals surface area contributed by atoms with E-state index in [1.165, 1.54) is 0 Å². The third-order valence-corrected chi connectivity index (χ3v) is 8.89. The third kappa shape index (κ3) is 6.37. The quantitative estimate of drug-likeness (QED) is 0.166. The second-order valence-electron chi connectivity index (χ2n) is 12.0. The van der Waals surface area contributed by atoms with Crippen LogP contribution in [0.5, 0.6) is 0 Å². The summed E-state index contributed by atoms with van der Waals surface area (Å²) >= 11 is 0. The van der Waals surface area contributed by atoms with Crippen LogP contribution in [-0.4, -0.2) is 9.97 Å². The molecule has 245 valence electrons. The minimum absolute atomic E-state index is 0. The molecule has 0 spiro atoms. The van der Waals surface area contributed by atoms with Crippen LogP contribution in [0.3, 0.4) is 0 Å². The molecular weight excluding hydrogens is 805 g/mol. The van der Waals surface area contributed by atoms with Gasteiger partial charge in [-0.2, -0.15) is 0 Å². The fourth-order valence-corrected chi connectivity index (χ4v) is 6.44. The molecule has 0 saturated carbocycles. The van der Waals surface area contributed by atoms with Crippen molar-refractivity contribution < 1.29 is 28.9 Å². The van der Waals surface area contributed by atoms with Crippen LogP contribution in [0.2, 0.25) is 0 Å². The molecule has 0 aliphatic carbocycles. The molecule has 51 heavy (non-hydrogen) atoms. The minimum atomic E-state index is 0. The Bertz CT molecular complexity index is 2720. The molecule has 0 saturated heterocycles. The van der Waals surface area contributed by atoms with E-state index < -0.39 is 0 Å². The summed E-state index contributed by atoms with van der Waals surface area (Å²) in [4.78, 5) is 8.70. The first kappa shape index (κ1) is 32.1. The van der Waals surface area contributed by atoms with Gasteiger partial charge in [0.15, 0.2) is 0 Å². The van der Waals surface area contributed by atoms with Crippen LogP contribution in [0.15, 0.2) is 179 Å². The molecule has 0 N–H and O–H groups in total. The van der Waals surface area contributed by atoms with Gasteiger partial charge < -0.3 is 18.8 Å². The molecular formula is C46H28IrN2O2-2. The molecule has 0 atom stereocenters. The van der Waals surface area contributed by atoms with Gasteiger partial charge in [-0.3, -0.25) is 0 Å². The predicted octanol–water partition coefficient (Wildman–Crippen LogP) is 12.2. The van der Waals surface area contributed by atoms with Crippen molar-refractivity contribution in [3.05, 3.63) is 182 Å². The molecule has 0 bridgehead atoms. The minimum Gasteiger partial charge on any atom is -0.456 e. The van der Waals surface area contributed by atoms with Gasteiger partial charge in [0.25, 0.3) is 0 Å². The number of pyridine rings is 2. The second kappa shape index (κ2) is 14.0. The van der Waals surface area contributed by atoms with Crippen LogP contribution < -0.4 is 0 Å². The SMILES string of the molecule is [Ir].[c-]1ccc(-c2cccc(-c3ccc4oc5cc6oc7ccccc7c6cc5c4c3)c2)cc1-c1ccccn1.[c-]1ccccc1-c1ccccn1. The van der Waals surface area contributed by atoms with Crippen molar-refractivity contribution in [3.63, 3.8) is 0 Å². The van der Waals surface area contributed by atoms with Gasteiger partial charge in [0.1, 0.15) is 22.3 Å². The molecule has 5 heteroatoms. The van der Waals surface area contributed by atoms with Crippen LogP contribution in [0.25, 0.3) is 88.6 Å². The van der Waals surface area contributed by atoms with Gasteiger partial charge in [0.2, 0.25) is 0 Å². The maximum Gasteiger partial charge on any atom is 0.139 e. The summed E-state index contributed by atoms with van der Waals surface area (Å²) in [6, 6.07) is 59.7. The number of hydrogen-bond donors (Lipinski definition) is 0. The standard InChI is InChI=1S/C35H20NO2.C11H8N.Ir/c1-2-13-32-27(11-1)29-20-30-28-19-25(14-15-33(28)38-35(30)21-34(29)37-32)23-8-5-7-22(17-23)24-9-6-10-26(18-24)31-12-3-4-16-36-31;1-2-6-10(7-3-1)11-8-4-5-9-12-11;/h1-9,11-21H;1-6,8-9H;/q2*-1;. The number of hydrogen-bond acceptors (Lipinski definition) is 4. The first-order chi connectivity index (χ1) is 24.8. The zero-order valence-electron chi connectivity index (χ0n) is 27.2. The third-order valence-electron chi connectivity index (χ3n) is 8.89. The first-order valence-electron chi connectivity index (χ1n) is 16.5. The summed E-state index contributed by atoms with van der Waals surface area (Å²) in [6.45, 7) is 0. The molecule has 4 aromatic heterocycles. The van der Waals surface area contributed by atoms with E-state index in [9.17, 15) is 0 Å². The van der Waals surface area contributed by atoms with Crippen LogP contribution in [-0.2, 0) is 20.1 Å². The maximum absolute atomic E-state index is 6.23. The summed E-state index contributed by atoms with van der Waals surface area (Å²) in [6.07, 6.45) is 3.60. The van der Waals surface area contributed by atoms with Crippen molar-refractivity contribution in [1.82, 2.24) is 9.97 Å². The molecule has 0 aliphatic rings. The summed E-state index contributed by atoms with van der Waals surface area (Å²) in [5, 5.41) is 4.41. The Balaban J connectivity index is 0.000000245. The van der Waals surface area contributed by atoms with Crippen LogP contribution in [0.1, 0.15) is 0 Å². The van der Waals surface area contributed by atoms with Crippen molar-refractivity contribution in [1.29, 1.82) is 0 Å². The Morgan fingerprint density at radius 3 is 1.71 bits per heavy atom. The Morgan fingerprint density at radius 2 is 0.980 bits per heavy atom. The molecule has 0 aliphatic heterocycles. The monoisotopic (exact) mass is 833 g/mol. The average Bonchev–Trinajstić information content (AvgIpc) is 3.75. The molecule has 1 radical (unpaired) electrons. The summed E-state index contributed by atoms with van der Waals surface area (Å²) in [7, 11) is 0. The van der Waals surface area contributed by atoms with Gasteiger partial charge in [-0.1, -0.05) is 66.7 Å². The van der Waals surface area contributed by atoms with Crippen molar-refractivity contribution >= 4 is 43.9 Å².